The number of anilines is 1. The molecule has 1 fully saturated rings. The third kappa shape index (κ3) is 3.45. The van der Waals surface area contributed by atoms with Gasteiger partial charge >= 0.3 is 0 Å². The molecule has 0 spiro atoms. The van der Waals surface area contributed by atoms with Gasteiger partial charge in [-0.15, -0.1) is 0 Å². The van der Waals surface area contributed by atoms with Crippen molar-refractivity contribution >= 4 is 23.2 Å². The van der Waals surface area contributed by atoms with E-state index in [0.29, 0.717) is 11.4 Å². The second kappa shape index (κ2) is 5.52. The number of carbonyl (C=O) groups excluding carboxylic acids is 1. The molecule has 17 heavy (non-hydrogen) atoms. The predicted molar refractivity (Wildman–Crippen MR) is 68.4 cm³/mol. The van der Waals surface area contributed by atoms with E-state index in [2.05, 4.69) is 5.32 Å². The molecular weight excluding hydrogens is 238 g/mol. The fourth-order valence-electron chi connectivity index (χ4n) is 1.94. The molecule has 1 atom stereocenters. The van der Waals surface area contributed by atoms with Gasteiger partial charge in [-0.2, -0.15) is 0 Å². The first kappa shape index (κ1) is 12.4. The SMILES string of the molecule is Cc1ccc(Cl)cc1NC(=O)CC1CCCO1. The van der Waals surface area contributed by atoms with Crippen molar-refractivity contribution < 1.29 is 9.53 Å². The van der Waals surface area contributed by atoms with E-state index in [9.17, 15) is 4.79 Å². The molecule has 1 aromatic rings. The molecule has 1 N–H and O–H groups in total. The number of hydrogen-bond acceptors (Lipinski definition) is 2. The lowest BCUT2D eigenvalue weighted by atomic mass is 10.1. The van der Waals surface area contributed by atoms with Gasteiger partial charge < -0.3 is 10.1 Å². The standard InChI is InChI=1S/C13H16ClNO2/c1-9-4-5-10(14)7-12(9)15-13(16)8-11-3-2-6-17-11/h4-5,7,11H,2-3,6,8H2,1H3,(H,15,16). The molecule has 0 saturated carbocycles. The molecule has 1 aliphatic rings. The summed E-state index contributed by atoms with van der Waals surface area (Å²) in [7, 11) is 0. The number of benzene rings is 1. The highest BCUT2D eigenvalue weighted by atomic mass is 35.5. The molecule has 1 saturated heterocycles. The maximum absolute atomic E-state index is 11.8. The zero-order valence-corrected chi connectivity index (χ0v) is 10.6. The smallest absolute Gasteiger partial charge is 0.226 e. The average molecular weight is 254 g/mol. The Kier molecular flexibility index (Phi) is 4.02. The van der Waals surface area contributed by atoms with Crippen LogP contribution in [0, 0.1) is 6.92 Å². The van der Waals surface area contributed by atoms with Gasteiger partial charge in [-0.3, -0.25) is 4.79 Å². The van der Waals surface area contributed by atoms with Crippen LogP contribution in [0.25, 0.3) is 0 Å². The zero-order valence-electron chi connectivity index (χ0n) is 9.83. The van der Waals surface area contributed by atoms with E-state index in [1.807, 2.05) is 19.1 Å². The maximum atomic E-state index is 11.8. The average Bonchev–Trinajstić information content (AvgIpc) is 2.76. The van der Waals surface area contributed by atoms with Crippen LogP contribution >= 0.6 is 11.6 Å². The Morgan fingerprint density at radius 1 is 1.59 bits per heavy atom. The Hall–Kier alpha value is -1.06. The summed E-state index contributed by atoms with van der Waals surface area (Å²) in [6, 6.07) is 5.47. The number of carbonyl (C=O) groups is 1. The van der Waals surface area contributed by atoms with Crippen LogP contribution < -0.4 is 5.32 Å². The Bertz CT molecular complexity index is 414. The fourth-order valence-corrected chi connectivity index (χ4v) is 2.11. The first-order chi connectivity index (χ1) is 8.15. The van der Waals surface area contributed by atoms with E-state index in [-0.39, 0.29) is 12.0 Å². The number of amides is 1. The van der Waals surface area contributed by atoms with Gasteiger partial charge in [0.2, 0.25) is 5.91 Å². The lowest BCUT2D eigenvalue weighted by molar-refractivity contribution is -0.118. The molecule has 3 nitrogen and oxygen atoms in total. The van der Waals surface area contributed by atoms with Gasteiger partial charge in [0.05, 0.1) is 12.5 Å². The molecule has 1 aromatic carbocycles. The van der Waals surface area contributed by atoms with Gasteiger partial charge in [0.25, 0.3) is 0 Å². The van der Waals surface area contributed by atoms with Gasteiger partial charge in [0.15, 0.2) is 0 Å². The first-order valence-corrected chi connectivity index (χ1v) is 6.20. The normalized spacial score (nSPS) is 19.3. The minimum absolute atomic E-state index is 0.0118. The van der Waals surface area contributed by atoms with E-state index >= 15 is 0 Å². The summed E-state index contributed by atoms with van der Waals surface area (Å²) >= 11 is 5.89. The quantitative estimate of drug-likeness (QED) is 0.899. The summed E-state index contributed by atoms with van der Waals surface area (Å²) in [5.74, 6) is -0.0118. The van der Waals surface area contributed by atoms with Crippen LogP contribution in [0.5, 0.6) is 0 Å². The van der Waals surface area contributed by atoms with Crippen LogP contribution in [0.3, 0.4) is 0 Å². The second-order valence-electron chi connectivity index (χ2n) is 4.35. The highest BCUT2D eigenvalue weighted by Crippen LogP contribution is 2.21. The zero-order chi connectivity index (χ0) is 12.3. The molecule has 1 amide bonds. The topological polar surface area (TPSA) is 38.3 Å². The summed E-state index contributed by atoms with van der Waals surface area (Å²) in [5.41, 5.74) is 1.79. The molecule has 2 rings (SSSR count). The summed E-state index contributed by atoms with van der Waals surface area (Å²) < 4.78 is 5.43. The summed E-state index contributed by atoms with van der Waals surface area (Å²) in [4.78, 5) is 11.8. The van der Waals surface area contributed by atoms with Gasteiger partial charge in [-0.1, -0.05) is 17.7 Å². The number of halogens is 1. The van der Waals surface area contributed by atoms with E-state index in [1.54, 1.807) is 6.07 Å². The van der Waals surface area contributed by atoms with Crippen molar-refractivity contribution in [2.45, 2.75) is 32.3 Å². The van der Waals surface area contributed by atoms with Gasteiger partial charge in [0, 0.05) is 17.3 Å². The molecule has 92 valence electrons. The van der Waals surface area contributed by atoms with Gasteiger partial charge in [-0.05, 0) is 37.5 Å². The Morgan fingerprint density at radius 3 is 3.12 bits per heavy atom. The van der Waals surface area contributed by atoms with Crippen molar-refractivity contribution in [3.63, 3.8) is 0 Å². The number of aryl methyl sites for hydroxylation is 1. The van der Waals surface area contributed by atoms with Gasteiger partial charge in [-0.25, -0.2) is 0 Å². The van der Waals surface area contributed by atoms with E-state index in [0.717, 1.165) is 30.7 Å². The third-order valence-electron chi connectivity index (χ3n) is 2.91. The third-order valence-corrected chi connectivity index (χ3v) is 3.15. The summed E-state index contributed by atoms with van der Waals surface area (Å²) in [6.07, 6.45) is 2.52. The van der Waals surface area contributed by atoms with Crippen LogP contribution in [0.15, 0.2) is 18.2 Å². The molecule has 1 heterocycles. The Labute approximate surface area is 106 Å². The highest BCUT2D eigenvalue weighted by molar-refractivity contribution is 6.31. The monoisotopic (exact) mass is 253 g/mol. The van der Waals surface area contributed by atoms with Crippen molar-refractivity contribution in [1.29, 1.82) is 0 Å². The summed E-state index contributed by atoms with van der Waals surface area (Å²) in [5, 5.41) is 3.50. The maximum Gasteiger partial charge on any atom is 0.226 e. The number of hydrogen-bond donors (Lipinski definition) is 1. The second-order valence-corrected chi connectivity index (χ2v) is 4.78. The molecule has 4 heteroatoms. The minimum Gasteiger partial charge on any atom is -0.378 e. The lowest BCUT2D eigenvalue weighted by Gasteiger charge is -2.11. The molecule has 0 aliphatic carbocycles. The van der Waals surface area contributed by atoms with E-state index in [1.165, 1.54) is 0 Å². The fraction of sp³-hybridized carbons (Fsp3) is 0.462. The van der Waals surface area contributed by atoms with Crippen LogP contribution in [0.1, 0.15) is 24.8 Å². The Balaban J connectivity index is 1.95. The first-order valence-electron chi connectivity index (χ1n) is 5.83. The largest absolute Gasteiger partial charge is 0.378 e. The van der Waals surface area contributed by atoms with Crippen molar-refractivity contribution in [3.05, 3.63) is 28.8 Å². The Morgan fingerprint density at radius 2 is 2.41 bits per heavy atom. The van der Waals surface area contributed by atoms with Crippen LogP contribution in [-0.2, 0) is 9.53 Å². The molecular formula is C13H16ClNO2. The molecule has 1 unspecified atom stereocenters. The van der Waals surface area contributed by atoms with Crippen molar-refractivity contribution in [3.8, 4) is 0 Å². The molecule has 0 aromatic heterocycles. The lowest BCUT2D eigenvalue weighted by Crippen LogP contribution is -2.19. The van der Waals surface area contributed by atoms with Crippen LogP contribution in [0.4, 0.5) is 5.69 Å². The van der Waals surface area contributed by atoms with Gasteiger partial charge in [0.1, 0.15) is 0 Å². The highest BCUT2D eigenvalue weighted by Gasteiger charge is 2.19. The minimum atomic E-state index is -0.0118. The van der Waals surface area contributed by atoms with E-state index < -0.39 is 0 Å². The molecule has 0 radical (unpaired) electrons. The van der Waals surface area contributed by atoms with Crippen molar-refractivity contribution in [2.24, 2.45) is 0 Å². The predicted octanol–water partition coefficient (Wildman–Crippen LogP) is 3.16. The van der Waals surface area contributed by atoms with Crippen molar-refractivity contribution in [2.75, 3.05) is 11.9 Å². The molecule has 1 aliphatic heterocycles. The number of rotatable bonds is 3. The number of nitrogens with one attached hydrogen (secondary N) is 1. The summed E-state index contributed by atoms with van der Waals surface area (Å²) in [6.45, 7) is 2.71. The van der Waals surface area contributed by atoms with Crippen LogP contribution in [0.2, 0.25) is 5.02 Å². The van der Waals surface area contributed by atoms with Crippen molar-refractivity contribution in [1.82, 2.24) is 0 Å². The van der Waals surface area contributed by atoms with E-state index in [4.69, 9.17) is 16.3 Å². The number of ether oxygens (including phenoxy) is 1. The molecule has 0 bridgehead atoms. The van der Waals surface area contributed by atoms with Crippen LogP contribution in [-0.4, -0.2) is 18.6 Å².